The second-order valence-electron chi connectivity index (χ2n) is 10.3. The van der Waals surface area contributed by atoms with E-state index >= 15 is 0 Å². The monoisotopic (exact) mass is 636 g/mol. The molecule has 1 atom stereocenters. The fourth-order valence-corrected chi connectivity index (χ4v) is 5.96. The van der Waals surface area contributed by atoms with Gasteiger partial charge in [-0.3, -0.25) is 19.0 Å². The van der Waals surface area contributed by atoms with Crippen molar-refractivity contribution < 1.29 is 33.0 Å². The second kappa shape index (κ2) is 14.9. The zero-order valence-corrected chi connectivity index (χ0v) is 26.2. The van der Waals surface area contributed by atoms with E-state index in [1.54, 1.807) is 44.7 Å². The number of furan rings is 1. The van der Waals surface area contributed by atoms with Crippen LogP contribution in [0.3, 0.4) is 0 Å². The molecule has 0 saturated carbocycles. The maximum Gasteiger partial charge on any atom is 0.262 e. The van der Waals surface area contributed by atoms with E-state index in [0.717, 1.165) is 5.56 Å². The van der Waals surface area contributed by atoms with E-state index in [4.69, 9.17) is 28.3 Å². The van der Waals surface area contributed by atoms with Crippen molar-refractivity contribution in [1.82, 2.24) is 20.2 Å². The molecule has 12 nitrogen and oxygen atoms in total. The molecule has 4 aromatic rings. The van der Waals surface area contributed by atoms with Gasteiger partial charge in [-0.15, -0.1) is 0 Å². The maximum absolute atomic E-state index is 13.8. The van der Waals surface area contributed by atoms with Gasteiger partial charge in [0.2, 0.25) is 18.6 Å². The molecule has 238 valence electrons. The van der Waals surface area contributed by atoms with Crippen LogP contribution in [0.25, 0.3) is 10.9 Å². The summed E-state index contributed by atoms with van der Waals surface area (Å²) < 4.78 is 28.5. The highest BCUT2D eigenvalue weighted by Gasteiger charge is 2.24. The Hall–Kier alpha value is -4.65. The summed E-state index contributed by atoms with van der Waals surface area (Å²) in [7, 11) is 3.16. The molecule has 2 amide bonds. The van der Waals surface area contributed by atoms with E-state index in [0.29, 0.717) is 70.6 Å². The van der Waals surface area contributed by atoms with Crippen LogP contribution in [0.5, 0.6) is 23.0 Å². The minimum Gasteiger partial charge on any atom is -0.493 e. The van der Waals surface area contributed by atoms with Crippen molar-refractivity contribution in [2.45, 2.75) is 56.1 Å². The van der Waals surface area contributed by atoms with E-state index in [9.17, 15) is 14.4 Å². The van der Waals surface area contributed by atoms with Crippen LogP contribution in [-0.4, -0.2) is 54.2 Å². The molecule has 0 spiro atoms. The molecule has 0 aliphatic carbocycles. The molecule has 1 aliphatic rings. The third-order valence-corrected chi connectivity index (χ3v) is 8.67. The van der Waals surface area contributed by atoms with Gasteiger partial charge in [-0.1, -0.05) is 24.8 Å². The first kappa shape index (κ1) is 31.8. The molecule has 0 bridgehead atoms. The second-order valence-corrected chi connectivity index (χ2v) is 11.4. The van der Waals surface area contributed by atoms with Crippen LogP contribution in [0.4, 0.5) is 0 Å². The molecule has 0 saturated heterocycles. The fourth-order valence-electron chi connectivity index (χ4n) is 4.90. The first-order chi connectivity index (χ1) is 21.9. The van der Waals surface area contributed by atoms with Gasteiger partial charge < -0.3 is 34.0 Å². The number of nitrogens with zero attached hydrogens (tertiary/aromatic N) is 2. The van der Waals surface area contributed by atoms with Gasteiger partial charge in [0.25, 0.3) is 5.56 Å². The average molecular weight is 637 g/mol. The van der Waals surface area contributed by atoms with Crippen molar-refractivity contribution in [3.8, 4) is 23.0 Å². The number of hydrogen-bond donors (Lipinski definition) is 2. The summed E-state index contributed by atoms with van der Waals surface area (Å²) in [6.45, 7) is 2.91. The highest BCUT2D eigenvalue weighted by Crippen LogP contribution is 2.35. The summed E-state index contributed by atoms with van der Waals surface area (Å²) in [6, 6.07) is 12.5. The smallest absolute Gasteiger partial charge is 0.262 e. The highest BCUT2D eigenvalue weighted by atomic mass is 32.2. The minimum absolute atomic E-state index is 0.0658. The van der Waals surface area contributed by atoms with E-state index in [1.165, 1.54) is 16.3 Å². The molecule has 0 radical (unpaired) electrons. The minimum atomic E-state index is -0.510. The molecule has 2 aromatic carbocycles. The number of carbonyl (C=O) groups excluding carboxylic acids is 2. The van der Waals surface area contributed by atoms with Crippen molar-refractivity contribution in [2.75, 3.05) is 27.6 Å². The third-order valence-electron chi connectivity index (χ3n) is 7.31. The SMILES string of the molecule is CC[C@@H](Sc1nc2cc3c(cc2c(=O)n1CCCC(=O)NCCc1ccc(OC)c(OC)c1)OCO3)C(=O)NCc1ccco1. The number of ether oxygens (including phenoxy) is 4. The zero-order chi connectivity index (χ0) is 31.8. The first-order valence-electron chi connectivity index (χ1n) is 14.7. The molecule has 0 fully saturated rings. The molecule has 5 rings (SSSR count). The number of thioether (sulfide) groups is 1. The number of carbonyl (C=O) groups is 2. The van der Waals surface area contributed by atoms with Gasteiger partial charge in [0.1, 0.15) is 5.76 Å². The quantitative estimate of drug-likeness (QED) is 0.145. The van der Waals surface area contributed by atoms with Gasteiger partial charge in [0.05, 0.1) is 43.2 Å². The number of amides is 2. The van der Waals surface area contributed by atoms with Gasteiger partial charge >= 0.3 is 0 Å². The van der Waals surface area contributed by atoms with Gasteiger partial charge in [0, 0.05) is 25.6 Å². The standard InChI is InChI=1S/C32H36N4O8S/c1-4-28(30(38)34-18-21-7-6-14-42-21)45-32-35-23-17-27-26(43-19-44-27)16-22(23)31(39)36(32)13-5-8-29(37)33-12-11-20-9-10-24(40-2)25(15-20)41-3/h6-7,9-10,14-17,28H,4-5,8,11-13,18-19H2,1-3H3,(H,33,37)(H,34,38)/t28-/m1/s1. The number of fused-ring (bicyclic) bond motifs is 2. The lowest BCUT2D eigenvalue weighted by Crippen LogP contribution is -2.33. The van der Waals surface area contributed by atoms with Gasteiger partial charge in [0.15, 0.2) is 28.2 Å². The Morgan fingerprint density at radius 3 is 2.60 bits per heavy atom. The summed E-state index contributed by atoms with van der Waals surface area (Å²) >= 11 is 1.22. The lowest BCUT2D eigenvalue weighted by molar-refractivity contribution is -0.121. The predicted octanol–water partition coefficient (Wildman–Crippen LogP) is 4.06. The Morgan fingerprint density at radius 2 is 1.87 bits per heavy atom. The van der Waals surface area contributed by atoms with Crippen molar-refractivity contribution in [3.05, 3.63) is 70.4 Å². The van der Waals surface area contributed by atoms with Crippen molar-refractivity contribution >= 4 is 34.5 Å². The van der Waals surface area contributed by atoms with Gasteiger partial charge in [-0.2, -0.15) is 0 Å². The number of hydrogen-bond acceptors (Lipinski definition) is 10. The summed E-state index contributed by atoms with van der Waals surface area (Å²) in [6.07, 6.45) is 3.29. The lowest BCUT2D eigenvalue weighted by atomic mass is 10.1. The highest BCUT2D eigenvalue weighted by molar-refractivity contribution is 8.00. The van der Waals surface area contributed by atoms with E-state index in [-0.39, 0.29) is 43.7 Å². The molecule has 0 unspecified atom stereocenters. The van der Waals surface area contributed by atoms with Crippen molar-refractivity contribution in [3.63, 3.8) is 0 Å². The molecular weight excluding hydrogens is 600 g/mol. The van der Waals surface area contributed by atoms with E-state index < -0.39 is 5.25 Å². The number of methoxy groups -OCH3 is 2. The number of aromatic nitrogens is 2. The van der Waals surface area contributed by atoms with Crippen LogP contribution < -0.4 is 35.1 Å². The topological polar surface area (TPSA) is 143 Å². The Morgan fingerprint density at radius 1 is 1.07 bits per heavy atom. The molecule has 13 heteroatoms. The van der Waals surface area contributed by atoms with Crippen LogP contribution in [0.15, 0.2) is 63.1 Å². The maximum atomic E-state index is 13.8. The summed E-state index contributed by atoms with van der Waals surface area (Å²) in [5.41, 5.74) is 1.17. The molecule has 3 heterocycles. The summed E-state index contributed by atoms with van der Waals surface area (Å²) in [5.74, 6) is 2.59. The molecule has 45 heavy (non-hydrogen) atoms. The first-order valence-corrected chi connectivity index (χ1v) is 15.6. The van der Waals surface area contributed by atoms with Gasteiger partial charge in [-0.05, 0) is 55.2 Å². The molecule has 2 N–H and O–H groups in total. The number of nitrogens with one attached hydrogen (secondary N) is 2. The Kier molecular flexibility index (Phi) is 10.5. The van der Waals surface area contributed by atoms with Crippen LogP contribution >= 0.6 is 11.8 Å². The Balaban J connectivity index is 1.26. The van der Waals surface area contributed by atoms with Crippen LogP contribution in [0.2, 0.25) is 0 Å². The fraction of sp³-hybridized carbons (Fsp3) is 0.375. The molecule has 2 aromatic heterocycles. The predicted molar refractivity (Wildman–Crippen MR) is 168 cm³/mol. The molecule has 1 aliphatic heterocycles. The molecular formula is C32H36N4O8S. The van der Waals surface area contributed by atoms with Crippen LogP contribution in [0.1, 0.15) is 37.5 Å². The number of benzene rings is 2. The van der Waals surface area contributed by atoms with Crippen molar-refractivity contribution in [2.24, 2.45) is 0 Å². The Labute approximate surface area is 264 Å². The van der Waals surface area contributed by atoms with Crippen LogP contribution in [0, 0.1) is 0 Å². The Bertz CT molecular complexity index is 1710. The average Bonchev–Trinajstić information content (AvgIpc) is 3.75. The zero-order valence-electron chi connectivity index (χ0n) is 25.4. The summed E-state index contributed by atoms with van der Waals surface area (Å²) in [4.78, 5) is 44.3. The lowest BCUT2D eigenvalue weighted by Gasteiger charge is -2.18. The third kappa shape index (κ3) is 7.72. The van der Waals surface area contributed by atoms with E-state index in [1.807, 2.05) is 25.1 Å². The van der Waals surface area contributed by atoms with E-state index in [2.05, 4.69) is 10.6 Å². The summed E-state index contributed by atoms with van der Waals surface area (Å²) in [5, 5.41) is 6.09. The normalized spacial score (nSPS) is 12.6. The van der Waals surface area contributed by atoms with Crippen LogP contribution in [-0.2, 0) is 29.1 Å². The largest absolute Gasteiger partial charge is 0.493 e. The van der Waals surface area contributed by atoms with Crippen molar-refractivity contribution in [1.29, 1.82) is 0 Å². The van der Waals surface area contributed by atoms with Gasteiger partial charge in [-0.25, -0.2) is 4.98 Å². The number of rotatable bonds is 15.